The van der Waals surface area contributed by atoms with Crippen LogP contribution in [-0.4, -0.2) is 11.9 Å². The monoisotopic (exact) mass is 312 g/mol. The summed E-state index contributed by atoms with van der Waals surface area (Å²) >= 11 is 0. The number of carbonyl (C=O) groups excluding carboxylic acids is 2. The van der Waals surface area contributed by atoms with Crippen LogP contribution in [-0.2, 0) is 9.59 Å². The van der Waals surface area contributed by atoms with Crippen molar-refractivity contribution in [3.8, 4) is 0 Å². The Kier molecular flexibility index (Phi) is 19.0. The Morgan fingerprint density at radius 3 is 1.43 bits per heavy atom. The number of hydrogen-bond acceptors (Lipinski definition) is 4. The predicted octanol–water partition coefficient (Wildman–Crippen LogP) is -3.94. The van der Waals surface area contributed by atoms with Gasteiger partial charge in [-0.15, -0.1) is 0 Å². The molecular weight excluding hydrogens is 282 g/mol. The van der Waals surface area contributed by atoms with Crippen LogP contribution in [0.15, 0.2) is 0 Å². The van der Waals surface area contributed by atoms with E-state index < -0.39 is 23.3 Å². The van der Waals surface area contributed by atoms with E-state index in [-0.39, 0.29) is 44.1 Å². The Morgan fingerprint density at radius 2 is 1.13 bits per heavy atom. The minimum Gasteiger partial charge on any atom is -0.549 e. The van der Waals surface area contributed by atoms with Gasteiger partial charge in [-0.1, -0.05) is 78.6 Å². The number of unbranched alkanes of at least 4 members (excludes halogenated alkanes) is 8. The zero-order valence-electron chi connectivity index (χ0n) is 15.8. The molecule has 0 amide bonds. The minimum atomic E-state index is -1.85. The number of carboxylic acid groups (broad SMARTS) is 2. The quantitative estimate of drug-likeness (QED) is 0.198. The molecule has 0 radical (unpaired) electrons. The van der Waals surface area contributed by atoms with Gasteiger partial charge in [0.25, 0.3) is 0 Å². The van der Waals surface area contributed by atoms with Crippen molar-refractivity contribution in [2.24, 2.45) is 11.3 Å². The van der Waals surface area contributed by atoms with E-state index in [9.17, 15) is 19.8 Å². The largest absolute Gasteiger partial charge is 1.00 e. The van der Waals surface area contributed by atoms with Crippen LogP contribution >= 0.6 is 0 Å². The summed E-state index contributed by atoms with van der Waals surface area (Å²) in [7, 11) is 0. The molecule has 0 aromatic carbocycles. The van der Waals surface area contributed by atoms with Crippen LogP contribution in [0.4, 0.5) is 0 Å². The molecule has 6 heteroatoms. The van der Waals surface area contributed by atoms with Crippen LogP contribution in [0.3, 0.4) is 0 Å². The Balaban J connectivity index is -0.00000200. The standard InChI is InChI=1S/C17H32O4.2Li/c1-4-5-6-7-8-9-10-11-12-13-17(14(2)3,15(18)19)16(20)21;;/h14H,4-13H2,1-3H3,(H,18,19)(H,20,21);;/q;2*+1/p-2. The van der Waals surface area contributed by atoms with E-state index in [0.717, 1.165) is 19.3 Å². The average molecular weight is 312 g/mol. The van der Waals surface area contributed by atoms with E-state index in [2.05, 4.69) is 6.92 Å². The minimum absolute atomic E-state index is 0. The van der Waals surface area contributed by atoms with Gasteiger partial charge in [-0.3, -0.25) is 0 Å². The van der Waals surface area contributed by atoms with Gasteiger partial charge in [0.05, 0.1) is 17.4 Å². The second-order valence-electron chi connectivity index (χ2n) is 6.28. The summed E-state index contributed by atoms with van der Waals surface area (Å²) in [6.45, 7) is 5.38. The van der Waals surface area contributed by atoms with Crippen LogP contribution in [0.2, 0.25) is 0 Å². The molecule has 0 aliphatic heterocycles. The molecule has 0 saturated carbocycles. The maximum absolute atomic E-state index is 11.2. The third-order valence-corrected chi connectivity index (χ3v) is 4.39. The maximum atomic E-state index is 11.2. The van der Waals surface area contributed by atoms with Crippen molar-refractivity contribution in [2.45, 2.75) is 85.0 Å². The van der Waals surface area contributed by atoms with Crippen molar-refractivity contribution in [1.82, 2.24) is 0 Å². The molecule has 0 spiro atoms. The first-order valence-electron chi connectivity index (χ1n) is 8.32. The van der Waals surface area contributed by atoms with Crippen LogP contribution in [0, 0.1) is 11.3 Å². The molecule has 0 bridgehead atoms. The van der Waals surface area contributed by atoms with E-state index in [4.69, 9.17) is 0 Å². The zero-order valence-corrected chi connectivity index (χ0v) is 15.8. The molecular formula is C17H30Li2O4. The van der Waals surface area contributed by atoms with Gasteiger partial charge in [-0.2, -0.15) is 0 Å². The Bertz CT molecular complexity index is 306. The molecule has 0 atom stereocenters. The molecule has 0 aliphatic carbocycles. The van der Waals surface area contributed by atoms with Crippen molar-refractivity contribution in [2.75, 3.05) is 0 Å². The predicted molar refractivity (Wildman–Crippen MR) is 79.1 cm³/mol. The van der Waals surface area contributed by atoms with Gasteiger partial charge in [-0.05, 0) is 12.3 Å². The molecule has 4 nitrogen and oxygen atoms in total. The van der Waals surface area contributed by atoms with Gasteiger partial charge in [-0.25, -0.2) is 0 Å². The number of hydrogen-bond donors (Lipinski definition) is 0. The van der Waals surface area contributed by atoms with Crippen LogP contribution in [0.1, 0.15) is 85.0 Å². The summed E-state index contributed by atoms with van der Waals surface area (Å²) in [5.74, 6) is -3.56. The van der Waals surface area contributed by atoms with Crippen molar-refractivity contribution >= 4 is 11.9 Å². The SMILES string of the molecule is CCCCCCCCCCCC(C(=O)[O-])(C(=O)[O-])C(C)C.[Li+].[Li+]. The molecule has 0 rings (SSSR count). The van der Waals surface area contributed by atoms with E-state index in [1.807, 2.05) is 0 Å². The molecule has 124 valence electrons. The Morgan fingerprint density at radius 1 is 0.783 bits per heavy atom. The Labute approximate surface area is 165 Å². The molecule has 0 aliphatic rings. The fourth-order valence-corrected chi connectivity index (χ4v) is 2.76. The average Bonchev–Trinajstić information content (AvgIpc) is 2.39. The first-order valence-corrected chi connectivity index (χ1v) is 8.32. The first-order chi connectivity index (χ1) is 9.89. The smallest absolute Gasteiger partial charge is 0.549 e. The topological polar surface area (TPSA) is 80.3 Å². The fourth-order valence-electron chi connectivity index (χ4n) is 2.76. The number of carbonyl (C=O) groups is 2. The van der Waals surface area contributed by atoms with Crippen LogP contribution < -0.4 is 47.9 Å². The fraction of sp³-hybridized carbons (Fsp3) is 0.882. The number of aliphatic carboxylic acids is 2. The molecule has 0 aromatic rings. The maximum Gasteiger partial charge on any atom is 1.00 e. The summed E-state index contributed by atoms with van der Waals surface area (Å²) in [6, 6.07) is 0. The summed E-state index contributed by atoms with van der Waals surface area (Å²) in [4.78, 5) is 22.5. The van der Waals surface area contributed by atoms with E-state index in [1.54, 1.807) is 13.8 Å². The van der Waals surface area contributed by atoms with Gasteiger partial charge < -0.3 is 19.8 Å². The van der Waals surface area contributed by atoms with Crippen molar-refractivity contribution in [3.05, 3.63) is 0 Å². The molecule has 0 N–H and O–H groups in total. The molecule has 0 saturated heterocycles. The molecule has 0 heterocycles. The Hall–Kier alpha value is 0.135. The first kappa shape index (κ1) is 28.0. The normalized spacial score (nSPS) is 10.8. The van der Waals surface area contributed by atoms with E-state index >= 15 is 0 Å². The van der Waals surface area contributed by atoms with E-state index in [0.29, 0.717) is 6.42 Å². The van der Waals surface area contributed by atoms with Crippen molar-refractivity contribution in [1.29, 1.82) is 0 Å². The van der Waals surface area contributed by atoms with Gasteiger partial charge in [0.15, 0.2) is 0 Å². The second kappa shape index (κ2) is 15.7. The molecule has 0 fully saturated rings. The van der Waals surface area contributed by atoms with Crippen molar-refractivity contribution in [3.63, 3.8) is 0 Å². The molecule has 0 unspecified atom stereocenters. The van der Waals surface area contributed by atoms with Crippen molar-refractivity contribution < 1.29 is 57.5 Å². The third kappa shape index (κ3) is 9.88. The van der Waals surface area contributed by atoms with E-state index in [1.165, 1.54) is 32.1 Å². The van der Waals surface area contributed by atoms with Gasteiger partial charge in [0.1, 0.15) is 0 Å². The van der Waals surface area contributed by atoms with Gasteiger partial charge in [0, 0.05) is 0 Å². The molecule has 23 heavy (non-hydrogen) atoms. The number of rotatable bonds is 13. The molecule has 0 aromatic heterocycles. The van der Waals surface area contributed by atoms with Crippen LogP contribution in [0.25, 0.3) is 0 Å². The zero-order chi connectivity index (χ0) is 16.3. The van der Waals surface area contributed by atoms with Gasteiger partial charge >= 0.3 is 37.7 Å². The summed E-state index contributed by atoms with van der Waals surface area (Å²) in [5.41, 5.74) is -1.85. The third-order valence-electron chi connectivity index (χ3n) is 4.39. The van der Waals surface area contributed by atoms with Gasteiger partial charge in [0.2, 0.25) is 0 Å². The summed E-state index contributed by atoms with van der Waals surface area (Å²) in [6.07, 6.45) is 9.98. The summed E-state index contributed by atoms with van der Waals surface area (Å²) in [5, 5.41) is 22.5. The second-order valence-corrected chi connectivity index (χ2v) is 6.28. The number of carboxylic acids is 2. The van der Waals surface area contributed by atoms with Crippen LogP contribution in [0.5, 0.6) is 0 Å². The summed E-state index contributed by atoms with van der Waals surface area (Å²) < 4.78 is 0.